The van der Waals surface area contributed by atoms with E-state index in [1.54, 1.807) is 48.7 Å². The normalized spacial score (nSPS) is 18.8. The summed E-state index contributed by atoms with van der Waals surface area (Å²) >= 11 is 0. The summed E-state index contributed by atoms with van der Waals surface area (Å²) < 4.78 is 0. The minimum atomic E-state index is -1.44. The van der Waals surface area contributed by atoms with Crippen molar-refractivity contribution in [1.82, 2.24) is 21.2 Å². The molecule has 8 heteroatoms. The molecule has 1 aromatic heterocycles. The van der Waals surface area contributed by atoms with Crippen LogP contribution in [0.2, 0.25) is 0 Å². The van der Waals surface area contributed by atoms with Crippen LogP contribution in [0.15, 0.2) is 54.9 Å². The highest BCUT2D eigenvalue weighted by molar-refractivity contribution is 6.15. The maximum atomic E-state index is 12.7. The molecule has 3 amide bonds. The molecule has 1 saturated heterocycles. The Hall–Kier alpha value is -3.26. The largest absolute Gasteiger partial charge is 0.323 e. The van der Waals surface area contributed by atoms with E-state index in [-0.39, 0.29) is 0 Å². The lowest BCUT2D eigenvalue weighted by Crippen LogP contribution is -2.63. The summed E-state index contributed by atoms with van der Waals surface area (Å²) in [6.07, 6.45) is 4.08. The summed E-state index contributed by atoms with van der Waals surface area (Å²) in [6.45, 7) is 0.528. The molecule has 1 atom stereocenters. The molecule has 0 radical (unpaired) electrons. The number of anilines is 1. The smallest absolute Gasteiger partial charge is 0.269 e. The van der Waals surface area contributed by atoms with Gasteiger partial charge >= 0.3 is 0 Å². The lowest BCUT2D eigenvalue weighted by molar-refractivity contribution is -0.136. The van der Waals surface area contributed by atoms with E-state index in [1.807, 2.05) is 0 Å². The van der Waals surface area contributed by atoms with Crippen molar-refractivity contribution in [3.05, 3.63) is 60.4 Å². The van der Waals surface area contributed by atoms with Crippen molar-refractivity contribution in [3.63, 3.8) is 0 Å². The van der Waals surface area contributed by atoms with E-state index in [0.29, 0.717) is 30.6 Å². The van der Waals surface area contributed by atoms with Gasteiger partial charge in [0.1, 0.15) is 0 Å². The number of benzene rings is 1. The lowest BCUT2D eigenvalue weighted by atomic mass is 9.95. The van der Waals surface area contributed by atoms with Crippen LogP contribution in [-0.2, 0) is 9.59 Å². The van der Waals surface area contributed by atoms with Crippen LogP contribution in [0.1, 0.15) is 23.2 Å². The Bertz CT molecular complexity index is 789. The molecule has 1 aliphatic rings. The molecule has 2 heterocycles. The first-order chi connectivity index (χ1) is 12.6. The minimum Gasteiger partial charge on any atom is -0.323 e. The Morgan fingerprint density at radius 2 is 1.81 bits per heavy atom. The van der Waals surface area contributed by atoms with Crippen molar-refractivity contribution in [1.29, 1.82) is 0 Å². The summed E-state index contributed by atoms with van der Waals surface area (Å²) in [5.41, 5.74) is 4.15. The van der Waals surface area contributed by atoms with Gasteiger partial charge in [-0.15, -0.1) is 0 Å². The van der Waals surface area contributed by atoms with E-state index in [1.165, 1.54) is 6.20 Å². The molecule has 0 spiro atoms. The number of hydrazine groups is 1. The van der Waals surface area contributed by atoms with E-state index in [2.05, 4.69) is 26.5 Å². The van der Waals surface area contributed by atoms with Crippen molar-refractivity contribution < 1.29 is 14.4 Å². The Labute approximate surface area is 150 Å². The van der Waals surface area contributed by atoms with Crippen molar-refractivity contribution in [2.24, 2.45) is 0 Å². The van der Waals surface area contributed by atoms with Gasteiger partial charge in [-0.2, -0.15) is 0 Å². The molecule has 4 N–H and O–H groups in total. The fourth-order valence-electron chi connectivity index (χ4n) is 2.79. The van der Waals surface area contributed by atoms with Crippen LogP contribution in [0.3, 0.4) is 0 Å². The average molecular weight is 353 g/mol. The van der Waals surface area contributed by atoms with Gasteiger partial charge in [0.2, 0.25) is 0 Å². The van der Waals surface area contributed by atoms with Crippen molar-refractivity contribution in [2.75, 3.05) is 11.9 Å². The average Bonchev–Trinajstić information content (AvgIpc) is 3.18. The van der Waals surface area contributed by atoms with Crippen LogP contribution in [0.4, 0.5) is 5.69 Å². The Morgan fingerprint density at radius 1 is 1.00 bits per heavy atom. The fraction of sp³-hybridized carbons (Fsp3) is 0.222. The van der Waals surface area contributed by atoms with Gasteiger partial charge in [0.25, 0.3) is 17.7 Å². The number of hydrogen-bond donors (Lipinski definition) is 4. The fourth-order valence-corrected chi connectivity index (χ4v) is 2.79. The standard InChI is InChI=1S/C18H19N5O3/c24-15(13-6-2-1-3-7-13)22-23-17(26)18(9-5-11-20-18)16(25)21-14-8-4-10-19-12-14/h1-4,6-8,10,12,20H,5,9,11H2,(H,21,25)(H,22,24)(H,23,26). The first-order valence-corrected chi connectivity index (χ1v) is 8.24. The molecular weight excluding hydrogens is 334 g/mol. The number of pyridine rings is 1. The van der Waals surface area contributed by atoms with Gasteiger partial charge in [0, 0.05) is 11.8 Å². The third kappa shape index (κ3) is 3.70. The zero-order chi connectivity index (χ0) is 18.4. The first-order valence-electron chi connectivity index (χ1n) is 8.24. The molecule has 3 rings (SSSR count). The Kier molecular flexibility index (Phi) is 5.23. The van der Waals surface area contributed by atoms with Crippen molar-refractivity contribution >= 4 is 23.4 Å². The van der Waals surface area contributed by atoms with E-state index >= 15 is 0 Å². The number of amides is 3. The van der Waals surface area contributed by atoms with Crippen LogP contribution in [0.25, 0.3) is 0 Å². The maximum absolute atomic E-state index is 12.7. The molecule has 0 aliphatic carbocycles. The third-order valence-electron chi connectivity index (χ3n) is 4.18. The highest BCUT2D eigenvalue weighted by Crippen LogP contribution is 2.22. The van der Waals surface area contributed by atoms with Gasteiger partial charge in [-0.05, 0) is 43.7 Å². The second kappa shape index (κ2) is 7.75. The van der Waals surface area contributed by atoms with E-state index in [9.17, 15) is 14.4 Å². The van der Waals surface area contributed by atoms with Gasteiger partial charge in [0.15, 0.2) is 5.54 Å². The van der Waals surface area contributed by atoms with Gasteiger partial charge in [-0.1, -0.05) is 18.2 Å². The number of hydrogen-bond acceptors (Lipinski definition) is 5. The molecule has 1 aliphatic heterocycles. The molecular formula is C18H19N5O3. The van der Waals surface area contributed by atoms with Gasteiger partial charge < -0.3 is 5.32 Å². The second-order valence-electron chi connectivity index (χ2n) is 5.91. The Balaban J connectivity index is 1.67. The van der Waals surface area contributed by atoms with E-state index in [0.717, 1.165) is 0 Å². The van der Waals surface area contributed by atoms with Crippen molar-refractivity contribution in [2.45, 2.75) is 18.4 Å². The third-order valence-corrected chi connectivity index (χ3v) is 4.18. The van der Waals surface area contributed by atoms with Crippen LogP contribution in [0, 0.1) is 0 Å². The quantitative estimate of drug-likeness (QED) is 0.475. The van der Waals surface area contributed by atoms with Crippen LogP contribution >= 0.6 is 0 Å². The van der Waals surface area contributed by atoms with Crippen molar-refractivity contribution in [3.8, 4) is 0 Å². The van der Waals surface area contributed by atoms with Gasteiger partial charge in [0.05, 0.1) is 11.9 Å². The Morgan fingerprint density at radius 3 is 2.46 bits per heavy atom. The topological polar surface area (TPSA) is 112 Å². The van der Waals surface area contributed by atoms with Crippen LogP contribution in [-0.4, -0.2) is 34.8 Å². The predicted octanol–water partition coefficient (Wildman–Crippen LogP) is 0.604. The summed E-state index contributed by atoms with van der Waals surface area (Å²) in [4.78, 5) is 41.4. The zero-order valence-electron chi connectivity index (χ0n) is 14.0. The van der Waals surface area contributed by atoms with E-state index < -0.39 is 23.3 Å². The number of nitrogens with one attached hydrogen (secondary N) is 4. The van der Waals surface area contributed by atoms with Gasteiger partial charge in [-0.25, -0.2) is 0 Å². The number of aromatic nitrogens is 1. The molecule has 8 nitrogen and oxygen atoms in total. The van der Waals surface area contributed by atoms with E-state index in [4.69, 9.17) is 0 Å². The van der Waals surface area contributed by atoms with Crippen LogP contribution in [0.5, 0.6) is 0 Å². The summed E-state index contributed by atoms with van der Waals surface area (Å²) in [5, 5.41) is 5.65. The maximum Gasteiger partial charge on any atom is 0.269 e. The minimum absolute atomic E-state index is 0.326. The molecule has 134 valence electrons. The predicted molar refractivity (Wildman–Crippen MR) is 94.9 cm³/mol. The number of rotatable bonds is 4. The molecule has 1 fully saturated rings. The molecule has 0 bridgehead atoms. The SMILES string of the molecule is O=C(NNC(=O)C1(C(=O)Nc2cccnc2)CCCN1)c1ccccc1. The summed E-state index contributed by atoms with van der Waals surface area (Å²) in [7, 11) is 0. The lowest BCUT2D eigenvalue weighted by Gasteiger charge is -2.26. The first kappa shape index (κ1) is 17.6. The zero-order valence-corrected chi connectivity index (χ0v) is 14.0. The molecule has 0 saturated carbocycles. The summed E-state index contributed by atoms with van der Waals surface area (Å²) in [6, 6.07) is 11.8. The molecule has 2 aromatic rings. The molecule has 26 heavy (non-hydrogen) atoms. The number of carbonyl (C=O) groups excluding carboxylic acids is 3. The number of carbonyl (C=O) groups is 3. The van der Waals surface area contributed by atoms with Crippen LogP contribution < -0.4 is 21.5 Å². The monoisotopic (exact) mass is 353 g/mol. The van der Waals surface area contributed by atoms with Gasteiger partial charge in [-0.3, -0.25) is 35.5 Å². The highest BCUT2D eigenvalue weighted by atomic mass is 16.2. The highest BCUT2D eigenvalue weighted by Gasteiger charge is 2.48. The molecule has 1 aromatic carbocycles. The second-order valence-corrected chi connectivity index (χ2v) is 5.91. The molecule has 1 unspecified atom stereocenters. The summed E-state index contributed by atoms with van der Waals surface area (Å²) in [5.74, 6) is -1.56. The number of nitrogens with zero attached hydrogens (tertiary/aromatic N) is 1.